The number of urea groups is 1. The molecule has 2 atom stereocenters. The molecule has 3 aromatic heterocycles. The van der Waals surface area contributed by atoms with Crippen molar-refractivity contribution in [3.05, 3.63) is 54.2 Å². The van der Waals surface area contributed by atoms with Crippen LogP contribution in [0, 0.1) is 5.41 Å². The molecule has 0 saturated carbocycles. The zero-order chi connectivity index (χ0) is 28.4. The summed E-state index contributed by atoms with van der Waals surface area (Å²) in [5, 5.41) is 11.0. The van der Waals surface area contributed by atoms with E-state index in [-0.39, 0.29) is 30.1 Å². The number of hydrogen-bond donors (Lipinski definition) is 2. The predicted molar refractivity (Wildman–Crippen MR) is 154 cm³/mol. The molecule has 0 radical (unpaired) electrons. The van der Waals surface area contributed by atoms with E-state index in [1.54, 1.807) is 36.0 Å². The third-order valence-electron chi connectivity index (χ3n) is 8.70. The molecule has 12 heteroatoms. The average Bonchev–Trinajstić information content (AvgIpc) is 3.42. The number of aromatic nitrogens is 4. The summed E-state index contributed by atoms with van der Waals surface area (Å²) >= 11 is 1.44. The Kier molecular flexibility index (Phi) is 6.32. The quantitative estimate of drug-likeness (QED) is 0.468. The first kappa shape index (κ1) is 26.4. The van der Waals surface area contributed by atoms with Crippen LogP contribution in [0.1, 0.15) is 44.0 Å². The molecular weight excluding hydrogens is 540 g/mol. The van der Waals surface area contributed by atoms with Gasteiger partial charge in [-0.25, -0.2) is 19.7 Å². The van der Waals surface area contributed by atoms with Crippen LogP contribution in [-0.4, -0.2) is 80.4 Å². The number of carbonyl (C=O) groups is 1. The minimum Gasteiger partial charge on any atom is -0.486 e. The van der Waals surface area contributed by atoms with Crippen LogP contribution >= 0.6 is 11.8 Å². The molecule has 1 spiro atoms. The molecule has 1 aliphatic carbocycles. The third-order valence-corrected chi connectivity index (χ3v) is 9.66. The molecule has 214 valence electrons. The van der Waals surface area contributed by atoms with E-state index in [1.807, 2.05) is 24.5 Å². The maximum absolute atomic E-state index is 13.2. The van der Waals surface area contributed by atoms with E-state index in [0.29, 0.717) is 24.7 Å². The lowest BCUT2D eigenvalue weighted by Gasteiger charge is -2.42. The lowest BCUT2D eigenvalue weighted by atomic mass is 9.73. The van der Waals surface area contributed by atoms with Gasteiger partial charge in [-0.2, -0.15) is 0 Å². The van der Waals surface area contributed by atoms with E-state index in [0.717, 1.165) is 53.8 Å². The summed E-state index contributed by atoms with van der Waals surface area (Å²) in [5.74, 6) is 1.93. The lowest BCUT2D eigenvalue weighted by molar-refractivity contribution is 0.0513. The normalized spacial score (nSPS) is 22.9. The molecule has 4 aliphatic rings. The van der Waals surface area contributed by atoms with Gasteiger partial charge in [0, 0.05) is 43.8 Å². The Hall–Kier alpha value is -3.48. The number of fused-ring (bicyclic) bond motifs is 4. The van der Waals surface area contributed by atoms with Crippen molar-refractivity contribution in [2.24, 2.45) is 11.1 Å². The van der Waals surface area contributed by atoms with Gasteiger partial charge in [-0.15, -0.1) is 0 Å². The predicted octanol–water partition coefficient (Wildman–Crippen LogP) is 3.03. The van der Waals surface area contributed by atoms with Gasteiger partial charge in [-0.3, -0.25) is 9.88 Å². The Morgan fingerprint density at radius 1 is 1.15 bits per heavy atom. The number of anilines is 2. The van der Waals surface area contributed by atoms with Gasteiger partial charge in [0.15, 0.2) is 11.6 Å². The van der Waals surface area contributed by atoms with Crippen molar-refractivity contribution < 1.29 is 14.6 Å². The summed E-state index contributed by atoms with van der Waals surface area (Å²) in [5.41, 5.74) is 8.14. The van der Waals surface area contributed by atoms with E-state index in [1.165, 1.54) is 17.3 Å². The lowest BCUT2D eigenvalue weighted by Crippen LogP contribution is -2.44. The molecule has 6 heterocycles. The zero-order valence-electron chi connectivity index (χ0n) is 23.2. The van der Waals surface area contributed by atoms with Crippen LogP contribution in [0.2, 0.25) is 0 Å². The molecule has 2 amide bonds. The highest BCUT2D eigenvalue weighted by molar-refractivity contribution is 7.99. The Balaban J connectivity index is 1.03. The Morgan fingerprint density at radius 3 is 2.71 bits per heavy atom. The number of carbonyl (C=O) groups excluding carboxylic acids is 1. The molecule has 0 aromatic carbocycles. The van der Waals surface area contributed by atoms with E-state index >= 15 is 0 Å². The minimum atomic E-state index is -0.980. The van der Waals surface area contributed by atoms with Crippen LogP contribution in [0.3, 0.4) is 0 Å². The molecule has 3 aromatic rings. The highest BCUT2D eigenvalue weighted by Gasteiger charge is 2.47. The molecule has 2 saturated heterocycles. The van der Waals surface area contributed by atoms with Crippen LogP contribution in [0.5, 0.6) is 5.75 Å². The monoisotopic (exact) mass is 574 g/mol. The highest BCUT2D eigenvalue weighted by Crippen LogP contribution is 2.50. The fourth-order valence-corrected chi connectivity index (χ4v) is 7.47. The molecule has 1 unspecified atom stereocenters. The second kappa shape index (κ2) is 9.81. The van der Waals surface area contributed by atoms with Crippen molar-refractivity contribution in [3.63, 3.8) is 0 Å². The zero-order valence-corrected chi connectivity index (χ0v) is 24.0. The van der Waals surface area contributed by atoms with E-state index in [2.05, 4.69) is 20.9 Å². The summed E-state index contributed by atoms with van der Waals surface area (Å²) in [6, 6.07) is 5.69. The van der Waals surface area contributed by atoms with Crippen molar-refractivity contribution in [1.29, 1.82) is 0 Å². The molecular formula is C29H34N8O3S. The smallest absolute Gasteiger partial charge is 0.326 e. The maximum atomic E-state index is 13.2. The second-order valence-electron chi connectivity index (χ2n) is 12.1. The molecule has 3 aliphatic heterocycles. The second-order valence-corrected chi connectivity index (χ2v) is 13.2. The summed E-state index contributed by atoms with van der Waals surface area (Å²) in [6.07, 6.45) is 10.1. The Labute approximate surface area is 243 Å². The van der Waals surface area contributed by atoms with Crippen LogP contribution < -0.4 is 20.3 Å². The van der Waals surface area contributed by atoms with Gasteiger partial charge in [0.05, 0.1) is 35.5 Å². The number of β-amino-alcohol motifs (C(OH)–C–C–N with tert-alkyl or cyclic N) is 1. The number of piperidine rings is 1. The summed E-state index contributed by atoms with van der Waals surface area (Å²) < 4.78 is 6.13. The number of hydrogen-bond acceptors (Lipinski definition) is 10. The van der Waals surface area contributed by atoms with Crippen molar-refractivity contribution >= 4 is 29.4 Å². The van der Waals surface area contributed by atoms with Gasteiger partial charge in [0.1, 0.15) is 17.5 Å². The van der Waals surface area contributed by atoms with E-state index in [9.17, 15) is 9.90 Å². The molecule has 41 heavy (non-hydrogen) atoms. The first-order chi connectivity index (χ1) is 19.7. The van der Waals surface area contributed by atoms with Gasteiger partial charge in [-0.05, 0) is 56.2 Å². The first-order valence-electron chi connectivity index (χ1n) is 14.1. The van der Waals surface area contributed by atoms with Crippen molar-refractivity contribution in [1.82, 2.24) is 24.8 Å². The van der Waals surface area contributed by atoms with Crippen molar-refractivity contribution in [2.75, 3.05) is 42.6 Å². The van der Waals surface area contributed by atoms with Crippen LogP contribution in [0.4, 0.5) is 16.4 Å². The van der Waals surface area contributed by atoms with Crippen LogP contribution in [-0.2, 0) is 6.42 Å². The number of amides is 2. The first-order valence-corrected chi connectivity index (χ1v) is 14.9. The summed E-state index contributed by atoms with van der Waals surface area (Å²) in [4.78, 5) is 38.2. The number of nitrogens with two attached hydrogens (primary N) is 1. The largest absolute Gasteiger partial charge is 0.486 e. The van der Waals surface area contributed by atoms with Gasteiger partial charge < -0.3 is 25.4 Å². The average molecular weight is 575 g/mol. The molecule has 0 bridgehead atoms. The fourth-order valence-electron chi connectivity index (χ4n) is 6.66. The molecule has 7 rings (SSSR count). The van der Waals surface area contributed by atoms with Crippen molar-refractivity contribution in [2.45, 2.75) is 60.7 Å². The Morgan fingerprint density at radius 2 is 1.98 bits per heavy atom. The number of pyridine rings is 2. The van der Waals surface area contributed by atoms with Gasteiger partial charge in [0.2, 0.25) is 0 Å². The van der Waals surface area contributed by atoms with Crippen LogP contribution in [0.25, 0.3) is 0 Å². The number of rotatable bonds is 5. The van der Waals surface area contributed by atoms with Crippen LogP contribution in [0.15, 0.2) is 52.9 Å². The van der Waals surface area contributed by atoms with Gasteiger partial charge in [0.25, 0.3) is 0 Å². The number of aliphatic hydroxyl groups is 1. The van der Waals surface area contributed by atoms with E-state index < -0.39 is 5.60 Å². The standard InChI is InChI=1S/C29H34N8O3S/c1-28(2,39)17-36-15-18-16-40-24-21(5-9-32-26(24)37(18)27(36)38)41-23-14-33-22(13-34-23)35-10-6-29(7-11-35)12-20-19(25(29)30)4-3-8-31-20/h3-5,8-9,13-14,18,25,39H,6-7,10-12,15-17,30H2,1-2H3/t18?,25-/m1/s1. The molecule has 11 nitrogen and oxygen atoms in total. The van der Waals surface area contributed by atoms with E-state index in [4.69, 9.17) is 20.4 Å². The minimum absolute atomic E-state index is 0.0300. The number of ether oxygens (including phenoxy) is 1. The van der Waals surface area contributed by atoms with Gasteiger partial charge in [-0.1, -0.05) is 17.8 Å². The van der Waals surface area contributed by atoms with Gasteiger partial charge >= 0.3 is 6.03 Å². The highest BCUT2D eigenvalue weighted by atomic mass is 32.2. The SMILES string of the molecule is CC(C)(O)CN1CC2COc3c(Sc4cnc(N5CCC6(CC5)Cc5ncccc5[C@H]6N)cn4)ccnc3N2C1=O. The Bertz CT molecular complexity index is 1470. The summed E-state index contributed by atoms with van der Waals surface area (Å²) in [6.45, 7) is 6.26. The number of nitrogens with zero attached hydrogens (tertiary/aromatic N) is 7. The molecule has 3 N–H and O–H groups in total. The topological polar surface area (TPSA) is 134 Å². The molecule has 2 fully saturated rings. The summed E-state index contributed by atoms with van der Waals surface area (Å²) in [7, 11) is 0. The third kappa shape index (κ3) is 4.67. The maximum Gasteiger partial charge on any atom is 0.326 e. The van der Waals surface area contributed by atoms with Crippen molar-refractivity contribution in [3.8, 4) is 5.75 Å². The fraction of sp³-hybridized carbons (Fsp3) is 0.483.